The molecule has 0 spiro atoms. The van der Waals surface area contributed by atoms with Crippen molar-refractivity contribution in [1.82, 2.24) is 0 Å². The van der Waals surface area contributed by atoms with E-state index in [0.29, 0.717) is 5.92 Å². The summed E-state index contributed by atoms with van der Waals surface area (Å²) in [6, 6.07) is 0. The maximum absolute atomic E-state index is 3.88. The van der Waals surface area contributed by atoms with Gasteiger partial charge in [0.05, 0.1) is 5.92 Å². The molecule has 0 saturated carbocycles. The fraction of sp³-hybridized carbons (Fsp3) is 0.500. The lowest BCUT2D eigenvalue weighted by Gasteiger charge is -1.94. The van der Waals surface area contributed by atoms with Crippen molar-refractivity contribution in [2.24, 2.45) is 16.1 Å². The van der Waals surface area contributed by atoms with E-state index in [9.17, 15) is 0 Å². The minimum Gasteiger partial charge on any atom is -0.148 e. The molecule has 0 aromatic heterocycles. The van der Waals surface area contributed by atoms with Crippen LogP contribution in [0.15, 0.2) is 10.2 Å². The van der Waals surface area contributed by atoms with Gasteiger partial charge in [0.25, 0.3) is 0 Å². The molecule has 1 rings (SSSR count). The highest BCUT2D eigenvalue weighted by Crippen LogP contribution is 2.18. The Labute approximate surface area is 75.1 Å². The third-order valence-corrected chi connectivity index (χ3v) is 3.26. The van der Waals surface area contributed by atoms with Crippen LogP contribution in [-0.4, -0.2) is 7.44 Å². The van der Waals surface area contributed by atoms with E-state index in [-0.39, 0.29) is 0 Å². The van der Waals surface area contributed by atoms with Crippen molar-refractivity contribution in [3.8, 4) is 0 Å². The molecule has 44 valence electrons. The molecule has 0 aromatic carbocycles. The minimum atomic E-state index is 0.455. The summed E-state index contributed by atoms with van der Waals surface area (Å²) in [6.07, 6.45) is 0. The van der Waals surface area contributed by atoms with Gasteiger partial charge in [0.2, 0.25) is 0 Å². The van der Waals surface area contributed by atoms with Crippen molar-refractivity contribution in [1.29, 1.82) is 0 Å². The average Bonchev–Trinajstić information content (AvgIpc) is 1.98. The smallest absolute Gasteiger partial charge is 0.110 e. The Bertz CT molecular complexity index is 143. The Morgan fingerprint density at radius 1 is 1.25 bits per heavy atom. The highest BCUT2D eigenvalue weighted by Gasteiger charge is 2.16. The van der Waals surface area contributed by atoms with Gasteiger partial charge >= 0.3 is 0 Å². The molecule has 0 aliphatic carbocycles. The van der Waals surface area contributed by atoms with Crippen molar-refractivity contribution in [3.05, 3.63) is 0 Å². The molecule has 0 fully saturated rings. The zero-order chi connectivity index (χ0) is 6.15. The van der Waals surface area contributed by atoms with Crippen molar-refractivity contribution < 1.29 is 0 Å². The van der Waals surface area contributed by atoms with Crippen LogP contribution in [0.1, 0.15) is 6.92 Å². The van der Waals surface area contributed by atoms with E-state index in [1.807, 2.05) is 0 Å². The van der Waals surface area contributed by atoms with Gasteiger partial charge in [-0.05, 0) is 45.2 Å². The van der Waals surface area contributed by atoms with Crippen LogP contribution in [0, 0.1) is 5.92 Å². The summed E-state index contributed by atoms with van der Waals surface area (Å²) in [5.41, 5.74) is 0. The Balaban J connectivity index is 2.75. The van der Waals surface area contributed by atoms with Gasteiger partial charge in [-0.1, -0.05) is 6.92 Å². The first kappa shape index (κ1) is 6.91. The summed E-state index contributed by atoms with van der Waals surface area (Å²) < 4.78 is 2.18. The molecule has 1 aliphatic heterocycles. The van der Waals surface area contributed by atoms with E-state index >= 15 is 0 Å². The van der Waals surface area contributed by atoms with Gasteiger partial charge in [0, 0.05) is 0 Å². The van der Waals surface area contributed by atoms with Crippen LogP contribution in [0.4, 0.5) is 0 Å². The number of halogens is 2. The van der Waals surface area contributed by atoms with Gasteiger partial charge in [-0.3, -0.25) is 0 Å². The van der Waals surface area contributed by atoms with Crippen LogP contribution in [0.2, 0.25) is 0 Å². The maximum atomic E-state index is 3.88. The third kappa shape index (κ3) is 1.20. The second-order valence-electron chi connectivity index (χ2n) is 1.57. The summed E-state index contributed by atoms with van der Waals surface area (Å²) >= 11 is 4.41. The first-order chi connectivity index (χ1) is 3.72. The Hall–Kier alpha value is 0.800. The van der Waals surface area contributed by atoms with Gasteiger partial charge in [-0.25, -0.2) is 0 Å². The SMILES string of the molecule is CC1C(I)=NN=C1I. The average molecular weight is 334 g/mol. The Morgan fingerprint density at radius 2 is 1.62 bits per heavy atom. The van der Waals surface area contributed by atoms with Crippen LogP contribution in [-0.2, 0) is 0 Å². The first-order valence-electron chi connectivity index (χ1n) is 2.18. The van der Waals surface area contributed by atoms with Gasteiger partial charge in [0.1, 0.15) is 7.44 Å². The van der Waals surface area contributed by atoms with Crippen molar-refractivity contribution in [2.75, 3.05) is 0 Å². The number of nitrogens with zero attached hydrogens (tertiary/aromatic N) is 2. The molecular formula is C4H4I2N2. The summed E-state index contributed by atoms with van der Waals surface area (Å²) in [7, 11) is 0. The molecule has 0 saturated heterocycles. The predicted molar refractivity (Wildman–Crippen MR) is 52.1 cm³/mol. The number of rotatable bonds is 0. The summed E-state index contributed by atoms with van der Waals surface area (Å²) in [4.78, 5) is 0. The molecule has 1 heterocycles. The predicted octanol–water partition coefficient (Wildman–Crippen LogP) is 2.22. The zero-order valence-corrected chi connectivity index (χ0v) is 8.54. The van der Waals surface area contributed by atoms with Crippen LogP contribution in [0.3, 0.4) is 0 Å². The molecule has 2 nitrogen and oxygen atoms in total. The van der Waals surface area contributed by atoms with Crippen molar-refractivity contribution >= 4 is 52.6 Å². The highest BCUT2D eigenvalue weighted by atomic mass is 127. The third-order valence-electron chi connectivity index (χ3n) is 0.956. The fourth-order valence-electron chi connectivity index (χ4n) is 0.367. The summed E-state index contributed by atoms with van der Waals surface area (Å²) in [6.45, 7) is 2.10. The van der Waals surface area contributed by atoms with E-state index in [1.54, 1.807) is 0 Å². The number of hydrogen-bond acceptors (Lipinski definition) is 2. The van der Waals surface area contributed by atoms with E-state index in [0.717, 1.165) is 7.44 Å². The molecule has 1 aliphatic rings. The van der Waals surface area contributed by atoms with Crippen LogP contribution in [0.25, 0.3) is 0 Å². The summed E-state index contributed by atoms with van der Waals surface area (Å²) in [5.74, 6) is 0.455. The highest BCUT2D eigenvalue weighted by molar-refractivity contribution is 14.1. The lowest BCUT2D eigenvalue weighted by molar-refractivity contribution is 1.14. The van der Waals surface area contributed by atoms with Crippen molar-refractivity contribution in [2.45, 2.75) is 6.92 Å². The molecule has 8 heavy (non-hydrogen) atoms. The standard InChI is InChI=1S/C4H4I2N2/c1-2-3(5)7-8-4(2)6/h2H,1H3. The Kier molecular flexibility index (Phi) is 2.24. The first-order valence-corrected chi connectivity index (χ1v) is 4.34. The van der Waals surface area contributed by atoms with Gasteiger partial charge in [-0.2, -0.15) is 0 Å². The van der Waals surface area contributed by atoms with Gasteiger partial charge in [0.15, 0.2) is 0 Å². The van der Waals surface area contributed by atoms with E-state index < -0.39 is 0 Å². The fourth-order valence-corrected chi connectivity index (χ4v) is 1.77. The molecule has 0 radical (unpaired) electrons. The summed E-state index contributed by atoms with van der Waals surface area (Å²) in [5, 5.41) is 7.76. The topological polar surface area (TPSA) is 24.7 Å². The Morgan fingerprint density at radius 3 is 1.75 bits per heavy atom. The van der Waals surface area contributed by atoms with Gasteiger partial charge in [-0.15, -0.1) is 10.2 Å². The molecule has 0 atom stereocenters. The van der Waals surface area contributed by atoms with E-state index in [2.05, 4.69) is 62.3 Å². The van der Waals surface area contributed by atoms with E-state index in [4.69, 9.17) is 0 Å². The van der Waals surface area contributed by atoms with Crippen molar-refractivity contribution in [3.63, 3.8) is 0 Å². The van der Waals surface area contributed by atoms with Crippen LogP contribution in [0.5, 0.6) is 0 Å². The minimum absolute atomic E-state index is 0.455. The lowest BCUT2D eigenvalue weighted by atomic mass is 10.2. The second kappa shape index (κ2) is 2.59. The number of hydrogen-bond donors (Lipinski definition) is 0. The molecule has 4 heteroatoms. The molecular weight excluding hydrogens is 330 g/mol. The maximum Gasteiger partial charge on any atom is 0.110 e. The second-order valence-corrected chi connectivity index (χ2v) is 3.78. The quantitative estimate of drug-likeness (QED) is 0.607. The normalized spacial score (nSPS) is 20.9. The molecule has 0 unspecified atom stereocenters. The monoisotopic (exact) mass is 334 g/mol. The van der Waals surface area contributed by atoms with Crippen LogP contribution < -0.4 is 0 Å². The molecule has 0 amide bonds. The molecule has 0 bridgehead atoms. The van der Waals surface area contributed by atoms with Crippen LogP contribution >= 0.6 is 45.2 Å². The van der Waals surface area contributed by atoms with Gasteiger partial charge < -0.3 is 0 Å². The largest absolute Gasteiger partial charge is 0.148 e. The van der Waals surface area contributed by atoms with E-state index in [1.165, 1.54) is 0 Å². The zero-order valence-electron chi connectivity index (χ0n) is 4.23. The molecule has 0 aromatic rings. The molecule has 0 N–H and O–H groups in total. The lowest BCUT2D eigenvalue weighted by Crippen LogP contribution is -2.04.